The minimum absolute atomic E-state index is 0.125. The minimum Gasteiger partial charge on any atom is -0.370 e. The Balaban J connectivity index is 1.59. The van der Waals surface area contributed by atoms with Crippen molar-refractivity contribution >= 4 is 17.4 Å². The summed E-state index contributed by atoms with van der Waals surface area (Å²) in [5, 5.41) is 7.75. The molecule has 1 fully saturated rings. The number of benzene rings is 1. The van der Waals surface area contributed by atoms with Crippen LogP contribution in [0.1, 0.15) is 19.8 Å². The van der Waals surface area contributed by atoms with Crippen molar-refractivity contribution in [2.24, 2.45) is 5.92 Å². The van der Waals surface area contributed by atoms with Gasteiger partial charge in [-0.2, -0.15) is 9.61 Å². The zero-order chi connectivity index (χ0) is 18.8. The molecule has 6 nitrogen and oxygen atoms in total. The van der Waals surface area contributed by atoms with E-state index in [1.807, 2.05) is 11.0 Å². The van der Waals surface area contributed by atoms with Crippen LogP contribution in [-0.2, 0) is 4.79 Å². The van der Waals surface area contributed by atoms with E-state index in [9.17, 15) is 9.18 Å². The molecule has 1 unspecified atom stereocenters. The summed E-state index contributed by atoms with van der Waals surface area (Å²) in [5.41, 5.74) is 1.69. The quantitative estimate of drug-likeness (QED) is 0.769. The number of likely N-dealkylation sites (tertiary alicyclic amines) is 1. The standard InChI is InChI=1S/C20H22FN5O/c1-14(27)25-10-4-5-15(13-25)12-22-20-11-18(16-6-2-3-7-17(16)21)24-19-8-9-23-26(19)20/h2-3,6-9,11,15,22H,4-5,10,12-13H2,1H3. The molecule has 140 valence electrons. The fourth-order valence-corrected chi connectivity index (χ4v) is 3.61. The third-order valence-electron chi connectivity index (χ3n) is 5.05. The summed E-state index contributed by atoms with van der Waals surface area (Å²) in [7, 11) is 0. The van der Waals surface area contributed by atoms with Gasteiger partial charge in [0.15, 0.2) is 5.65 Å². The number of halogens is 1. The second-order valence-corrected chi connectivity index (χ2v) is 6.96. The van der Waals surface area contributed by atoms with Crippen LogP contribution in [0.25, 0.3) is 16.9 Å². The maximum absolute atomic E-state index is 14.2. The van der Waals surface area contributed by atoms with Crippen LogP contribution in [0.2, 0.25) is 0 Å². The minimum atomic E-state index is -0.302. The van der Waals surface area contributed by atoms with Gasteiger partial charge in [-0.3, -0.25) is 4.79 Å². The van der Waals surface area contributed by atoms with Crippen LogP contribution in [0, 0.1) is 11.7 Å². The highest BCUT2D eigenvalue weighted by molar-refractivity contribution is 5.73. The zero-order valence-electron chi connectivity index (χ0n) is 15.2. The Hall–Kier alpha value is -2.96. The Kier molecular flexibility index (Phi) is 4.75. The molecule has 27 heavy (non-hydrogen) atoms. The summed E-state index contributed by atoms with van der Waals surface area (Å²) >= 11 is 0. The van der Waals surface area contributed by atoms with Gasteiger partial charge in [0, 0.05) is 44.3 Å². The predicted octanol–water partition coefficient (Wildman–Crippen LogP) is 3.21. The molecule has 0 bridgehead atoms. The molecule has 0 aliphatic carbocycles. The highest BCUT2D eigenvalue weighted by Crippen LogP contribution is 2.25. The van der Waals surface area contributed by atoms with Crippen LogP contribution in [0.5, 0.6) is 0 Å². The number of carbonyl (C=O) groups excluding carboxylic acids is 1. The lowest BCUT2D eigenvalue weighted by molar-refractivity contribution is -0.130. The second kappa shape index (κ2) is 7.34. The zero-order valence-corrected chi connectivity index (χ0v) is 15.2. The van der Waals surface area contributed by atoms with Crippen molar-refractivity contribution in [3.8, 4) is 11.3 Å². The lowest BCUT2D eigenvalue weighted by Gasteiger charge is -2.32. The van der Waals surface area contributed by atoms with Gasteiger partial charge in [0.05, 0.1) is 11.9 Å². The third-order valence-corrected chi connectivity index (χ3v) is 5.05. The number of fused-ring (bicyclic) bond motifs is 1. The molecular formula is C20H22FN5O. The number of hydrogen-bond acceptors (Lipinski definition) is 4. The van der Waals surface area contributed by atoms with Crippen LogP contribution >= 0.6 is 0 Å². The maximum Gasteiger partial charge on any atom is 0.219 e. The molecule has 0 saturated carbocycles. The first-order valence-electron chi connectivity index (χ1n) is 9.21. The second-order valence-electron chi connectivity index (χ2n) is 6.96. The number of nitrogens with one attached hydrogen (secondary N) is 1. The lowest BCUT2D eigenvalue weighted by atomic mass is 9.98. The Labute approximate surface area is 157 Å². The van der Waals surface area contributed by atoms with Crippen molar-refractivity contribution in [2.45, 2.75) is 19.8 Å². The van der Waals surface area contributed by atoms with E-state index in [1.54, 1.807) is 41.9 Å². The molecule has 1 amide bonds. The van der Waals surface area contributed by atoms with Gasteiger partial charge in [-0.15, -0.1) is 0 Å². The third kappa shape index (κ3) is 3.63. The summed E-state index contributed by atoms with van der Waals surface area (Å²) in [5.74, 6) is 0.964. The summed E-state index contributed by atoms with van der Waals surface area (Å²) in [6, 6.07) is 10.2. The van der Waals surface area contributed by atoms with Gasteiger partial charge in [0.25, 0.3) is 0 Å². The number of aromatic nitrogens is 3. The van der Waals surface area contributed by atoms with E-state index in [1.165, 1.54) is 6.07 Å². The largest absolute Gasteiger partial charge is 0.370 e. The van der Waals surface area contributed by atoms with Gasteiger partial charge in [-0.05, 0) is 30.9 Å². The molecule has 1 aliphatic rings. The molecule has 1 aromatic carbocycles. The molecule has 0 radical (unpaired) electrons. The van der Waals surface area contributed by atoms with Crippen molar-refractivity contribution < 1.29 is 9.18 Å². The van der Waals surface area contributed by atoms with Crippen LogP contribution < -0.4 is 5.32 Å². The van der Waals surface area contributed by atoms with E-state index in [0.717, 1.165) is 38.3 Å². The highest BCUT2D eigenvalue weighted by atomic mass is 19.1. The molecule has 3 heterocycles. The number of nitrogens with zero attached hydrogens (tertiary/aromatic N) is 4. The molecule has 1 N–H and O–H groups in total. The molecule has 3 aromatic rings. The summed E-state index contributed by atoms with van der Waals surface area (Å²) in [6.45, 7) is 3.93. The first-order valence-corrected chi connectivity index (χ1v) is 9.21. The van der Waals surface area contributed by atoms with E-state index in [0.29, 0.717) is 22.8 Å². The summed E-state index contributed by atoms with van der Waals surface area (Å²) < 4.78 is 15.9. The molecule has 7 heteroatoms. The van der Waals surface area contributed by atoms with E-state index in [-0.39, 0.29) is 11.7 Å². The molecule has 1 atom stereocenters. The normalized spacial score (nSPS) is 17.3. The van der Waals surface area contributed by atoms with Crippen molar-refractivity contribution in [3.63, 3.8) is 0 Å². The molecule has 0 spiro atoms. The fourth-order valence-electron chi connectivity index (χ4n) is 3.61. The van der Waals surface area contributed by atoms with E-state index >= 15 is 0 Å². The number of amides is 1. The number of piperidine rings is 1. The SMILES string of the molecule is CC(=O)N1CCCC(CNc2cc(-c3ccccc3F)nc3ccnn23)C1. The monoisotopic (exact) mass is 367 g/mol. The number of hydrogen-bond donors (Lipinski definition) is 1. The first-order chi connectivity index (χ1) is 13.1. The van der Waals surface area contributed by atoms with Crippen LogP contribution in [0.4, 0.5) is 10.2 Å². The van der Waals surface area contributed by atoms with Crippen LogP contribution in [0.3, 0.4) is 0 Å². The Morgan fingerprint density at radius 2 is 2.19 bits per heavy atom. The van der Waals surface area contributed by atoms with Gasteiger partial charge in [-0.25, -0.2) is 9.37 Å². The average Bonchev–Trinajstić information content (AvgIpc) is 3.15. The molecule has 1 saturated heterocycles. The van der Waals surface area contributed by atoms with Crippen LogP contribution in [-0.4, -0.2) is 45.0 Å². The molecular weight excluding hydrogens is 345 g/mol. The van der Waals surface area contributed by atoms with Crippen molar-refractivity contribution in [3.05, 3.63) is 48.4 Å². The van der Waals surface area contributed by atoms with Crippen molar-refractivity contribution in [2.75, 3.05) is 25.0 Å². The van der Waals surface area contributed by atoms with Gasteiger partial charge in [0.2, 0.25) is 5.91 Å². The Morgan fingerprint density at radius 1 is 1.33 bits per heavy atom. The molecule has 4 rings (SSSR count). The fraction of sp³-hybridized carbons (Fsp3) is 0.350. The van der Waals surface area contributed by atoms with E-state index in [2.05, 4.69) is 15.4 Å². The average molecular weight is 367 g/mol. The number of anilines is 1. The van der Waals surface area contributed by atoms with Gasteiger partial charge >= 0.3 is 0 Å². The molecule has 1 aliphatic heterocycles. The topological polar surface area (TPSA) is 62.5 Å². The van der Waals surface area contributed by atoms with Gasteiger partial charge < -0.3 is 10.2 Å². The smallest absolute Gasteiger partial charge is 0.219 e. The van der Waals surface area contributed by atoms with Crippen molar-refractivity contribution in [1.82, 2.24) is 19.5 Å². The maximum atomic E-state index is 14.2. The molecule has 2 aromatic heterocycles. The first kappa shape index (κ1) is 17.5. The Morgan fingerprint density at radius 3 is 3.00 bits per heavy atom. The van der Waals surface area contributed by atoms with Gasteiger partial charge in [0.1, 0.15) is 11.6 Å². The van der Waals surface area contributed by atoms with E-state index < -0.39 is 0 Å². The lowest BCUT2D eigenvalue weighted by Crippen LogP contribution is -2.40. The predicted molar refractivity (Wildman–Crippen MR) is 102 cm³/mol. The summed E-state index contributed by atoms with van der Waals surface area (Å²) in [6.07, 6.45) is 3.76. The van der Waals surface area contributed by atoms with Crippen LogP contribution in [0.15, 0.2) is 42.6 Å². The number of rotatable bonds is 4. The van der Waals surface area contributed by atoms with Gasteiger partial charge in [-0.1, -0.05) is 12.1 Å². The Bertz CT molecular complexity index is 970. The number of carbonyl (C=O) groups is 1. The van der Waals surface area contributed by atoms with Crippen molar-refractivity contribution in [1.29, 1.82) is 0 Å². The van der Waals surface area contributed by atoms with E-state index in [4.69, 9.17) is 0 Å². The summed E-state index contributed by atoms with van der Waals surface area (Å²) in [4.78, 5) is 18.1. The highest BCUT2D eigenvalue weighted by Gasteiger charge is 2.21.